The van der Waals surface area contributed by atoms with Crippen LogP contribution in [0.25, 0.3) is 11.0 Å². The third kappa shape index (κ3) is 4.51. The van der Waals surface area contributed by atoms with Gasteiger partial charge in [0.25, 0.3) is 5.91 Å². The van der Waals surface area contributed by atoms with Crippen molar-refractivity contribution in [2.24, 2.45) is 5.92 Å². The van der Waals surface area contributed by atoms with Crippen molar-refractivity contribution in [2.45, 2.75) is 45.8 Å². The van der Waals surface area contributed by atoms with Crippen molar-refractivity contribution >= 4 is 16.9 Å². The van der Waals surface area contributed by atoms with Crippen LogP contribution >= 0.6 is 0 Å². The third-order valence-corrected chi connectivity index (χ3v) is 5.83. The van der Waals surface area contributed by atoms with Gasteiger partial charge < -0.3 is 14.8 Å². The number of nitrogens with one attached hydrogen (secondary N) is 1. The second kappa shape index (κ2) is 7.99. The lowest BCUT2D eigenvalue weighted by molar-refractivity contribution is 0.0927. The van der Waals surface area contributed by atoms with Gasteiger partial charge in [-0.25, -0.2) is 4.98 Å². The quantitative estimate of drug-likeness (QED) is 0.665. The molecule has 0 aliphatic heterocycles. The number of nitrogens with zero attached hydrogens (tertiary/aromatic N) is 3. The van der Waals surface area contributed by atoms with Gasteiger partial charge in [0.05, 0.1) is 17.4 Å². The van der Waals surface area contributed by atoms with E-state index in [2.05, 4.69) is 51.8 Å². The molecule has 1 saturated carbocycles. The summed E-state index contributed by atoms with van der Waals surface area (Å²) in [6, 6.07) is 12.4. The molecule has 1 unspecified atom stereocenters. The summed E-state index contributed by atoms with van der Waals surface area (Å²) >= 11 is 0. The number of fused-ring (bicyclic) bond motifs is 1. The van der Waals surface area contributed by atoms with Crippen molar-refractivity contribution in [1.82, 2.24) is 19.8 Å². The maximum Gasteiger partial charge on any atom is 0.251 e. The zero-order chi connectivity index (χ0) is 20.5. The van der Waals surface area contributed by atoms with E-state index in [1.165, 1.54) is 24.0 Å². The molecule has 152 valence electrons. The molecule has 0 saturated heterocycles. The minimum atomic E-state index is 0.0129. The Bertz CT molecular complexity index is 1030. The highest BCUT2D eigenvalue weighted by atomic mass is 16.1. The molecule has 1 fully saturated rings. The van der Waals surface area contributed by atoms with Gasteiger partial charge in [-0.3, -0.25) is 4.79 Å². The molecule has 4 rings (SSSR count). The number of aryl methyl sites for hydroxylation is 2. The van der Waals surface area contributed by atoms with Crippen molar-refractivity contribution in [3.63, 3.8) is 0 Å². The first-order valence-electron chi connectivity index (χ1n) is 10.4. The molecule has 3 aromatic rings. The van der Waals surface area contributed by atoms with Gasteiger partial charge >= 0.3 is 0 Å². The third-order valence-electron chi connectivity index (χ3n) is 5.83. The number of imidazole rings is 1. The molecule has 1 N–H and O–H groups in total. The Kier molecular flexibility index (Phi) is 5.41. The van der Waals surface area contributed by atoms with Gasteiger partial charge in [0, 0.05) is 24.7 Å². The largest absolute Gasteiger partial charge is 0.347 e. The zero-order valence-electron chi connectivity index (χ0n) is 17.8. The molecule has 1 atom stereocenters. The molecule has 1 amide bonds. The van der Waals surface area contributed by atoms with Crippen LogP contribution in [0.2, 0.25) is 0 Å². The normalized spacial score (nSPS) is 15.1. The molecule has 0 spiro atoms. The molecule has 0 bridgehead atoms. The fourth-order valence-electron chi connectivity index (χ4n) is 3.91. The summed E-state index contributed by atoms with van der Waals surface area (Å²) in [6.07, 6.45) is 4.26. The maximum atomic E-state index is 13.0. The fraction of sp³-hybridized carbons (Fsp3) is 0.417. The van der Waals surface area contributed by atoms with Crippen molar-refractivity contribution in [3.8, 4) is 0 Å². The average molecular weight is 391 g/mol. The van der Waals surface area contributed by atoms with Gasteiger partial charge in [0.2, 0.25) is 0 Å². The molecule has 1 aliphatic rings. The Balaban J connectivity index is 1.52. The molecule has 1 heterocycles. The minimum absolute atomic E-state index is 0.0129. The smallest absolute Gasteiger partial charge is 0.251 e. The summed E-state index contributed by atoms with van der Waals surface area (Å²) in [5.74, 6) is 0.562. The summed E-state index contributed by atoms with van der Waals surface area (Å²) in [6.45, 7) is 5.83. The van der Waals surface area contributed by atoms with E-state index in [1.54, 1.807) is 0 Å². The Labute approximate surface area is 172 Å². The first kappa shape index (κ1) is 19.6. The zero-order valence-corrected chi connectivity index (χ0v) is 17.8. The van der Waals surface area contributed by atoms with Gasteiger partial charge in [-0.15, -0.1) is 0 Å². The summed E-state index contributed by atoms with van der Waals surface area (Å²) in [4.78, 5) is 19.7. The maximum absolute atomic E-state index is 13.0. The Morgan fingerprint density at radius 2 is 1.97 bits per heavy atom. The Hall–Kier alpha value is -2.66. The number of amides is 1. The summed E-state index contributed by atoms with van der Waals surface area (Å²) in [7, 11) is 4.07. The van der Waals surface area contributed by atoms with Crippen molar-refractivity contribution in [2.75, 3.05) is 14.1 Å². The molecule has 29 heavy (non-hydrogen) atoms. The van der Waals surface area contributed by atoms with Gasteiger partial charge in [-0.2, -0.15) is 0 Å². The molecule has 0 radical (unpaired) electrons. The van der Waals surface area contributed by atoms with Crippen LogP contribution < -0.4 is 5.32 Å². The van der Waals surface area contributed by atoms with Crippen LogP contribution in [0.15, 0.2) is 42.7 Å². The van der Waals surface area contributed by atoms with Crippen LogP contribution in [0.5, 0.6) is 0 Å². The Morgan fingerprint density at radius 1 is 1.21 bits per heavy atom. The number of hydrogen-bond acceptors (Lipinski definition) is 3. The van der Waals surface area contributed by atoms with Gasteiger partial charge in [0.15, 0.2) is 0 Å². The first-order valence-corrected chi connectivity index (χ1v) is 10.4. The molecular formula is C24H30N4O. The van der Waals surface area contributed by atoms with E-state index in [1.807, 2.05) is 38.6 Å². The predicted molar refractivity (Wildman–Crippen MR) is 117 cm³/mol. The van der Waals surface area contributed by atoms with Crippen LogP contribution in [0.4, 0.5) is 0 Å². The van der Waals surface area contributed by atoms with Crippen LogP contribution in [0.1, 0.15) is 39.9 Å². The number of aromatic nitrogens is 2. The number of carbonyl (C=O) groups is 1. The van der Waals surface area contributed by atoms with Crippen LogP contribution in [0, 0.1) is 19.8 Å². The number of rotatable bonds is 7. The summed E-state index contributed by atoms with van der Waals surface area (Å²) in [5.41, 5.74) is 6.57. The van der Waals surface area contributed by atoms with Gasteiger partial charge in [-0.1, -0.05) is 12.1 Å². The highest BCUT2D eigenvalue weighted by molar-refractivity contribution is 5.94. The number of carbonyl (C=O) groups excluding carboxylic acids is 1. The lowest BCUT2D eigenvalue weighted by Crippen LogP contribution is -2.39. The van der Waals surface area contributed by atoms with Crippen LogP contribution in [0.3, 0.4) is 0 Å². The van der Waals surface area contributed by atoms with Crippen molar-refractivity contribution in [1.29, 1.82) is 0 Å². The lowest BCUT2D eigenvalue weighted by atomic mass is 10.1. The monoisotopic (exact) mass is 390 g/mol. The van der Waals surface area contributed by atoms with E-state index < -0.39 is 0 Å². The summed E-state index contributed by atoms with van der Waals surface area (Å²) in [5, 5.41) is 3.30. The Morgan fingerprint density at radius 3 is 2.69 bits per heavy atom. The van der Waals surface area contributed by atoms with E-state index in [-0.39, 0.29) is 11.9 Å². The van der Waals surface area contributed by atoms with Gasteiger partial charge in [0.1, 0.15) is 0 Å². The van der Waals surface area contributed by atoms with Gasteiger partial charge in [-0.05, 0) is 87.7 Å². The van der Waals surface area contributed by atoms with E-state index in [0.29, 0.717) is 5.92 Å². The standard InChI is InChI=1S/C24H30N4O/c1-16-10-21-23(11-17(16)2)28(15-25-21)14-22(19-8-9-19)26-24(29)20-7-5-6-18(12-20)13-27(3)4/h5-7,10-12,15,19,22H,8-9,13-14H2,1-4H3,(H,26,29). The van der Waals surface area contributed by atoms with E-state index in [0.717, 1.165) is 35.2 Å². The molecular weight excluding hydrogens is 360 g/mol. The molecule has 1 aromatic heterocycles. The topological polar surface area (TPSA) is 50.2 Å². The van der Waals surface area contributed by atoms with Crippen LogP contribution in [-0.2, 0) is 13.1 Å². The molecule has 2 aromatic carbocycles. The SMILES string of the molecule is Cc1cc2ncn(CC(NC(=O)c3cccc(CN(C)C)c3)C3CC3)c2cc1C. The second-order valence-electron chi connectivity index (χ2n) is 8.68. The fourth-order valence-corrected chi connectivity index (χ4v) is 3.91. The minimum Gasteiger partial charge on any atom is -0.347 e. The molecule has 5 heteroatoms. The predicted octanol–water partition coefficient (Wildman–Crippen LogP) is 3.92. The lowest BCUT2D eigenvalue weighted by Gasteiger charge is -2.20. The second-order valence-corrected chi connectivity index (χ2v) is 8.68. The van der Waals surface area contributed by atoms with E-state index >= 15 is 0 Å². The first-order chi connectivity index (χ1) is 13.9. The molecule has 1 aliphatic carbocycles. The highest BCUT2D eigenvalue weighted by Crippen LogP contribution is 2.34. The number of hydrogen-bond donors (Lipinski definition) is 1. The van der Waals surface area contributed by atoms with Crippen LogP contribution in [-0.4, -0.2) is 40.5 Å². The van der Waals surface area contributed by atoms with E-state index in [9.17, 15) is 4.79 Å². The highest BCUT2D eigenvalue weighted by Gasteiger charge is 2.33. The summed E-state index contributed by atoms with van der Waals surface area (Å²) < 4.78 is 2.19. The molecule has 5 nitrogen and oxygen atoms in total. The average Bonchev–Trinajstić information content (AvgIpc) is 3.45. The van der Waals surface area contributed by atoms with E-state index in [4.69, 9.17) is 0 Å². The van der Waals surface area contributed by atoms with Crippen molar-refractivity contribution < 1.29 is 4.79 Å². The number of benzene rings is 2. The van der Waals surface area contributed by atoms with Crippen molar-refractivity contribution in [3.05, 3.63) is 65.0 Å².